The third-order valence-corrected chi connectivity index (χ3v) is 5.70. The molecule has 2 amide bonds. The second-order valence-corrected chi connectivity index (χ2v) is 7.87. The van der Waals surface area contributed by atoms with Gasteiger partial charge >= 0.3 is 12.2 Å². The van der Waals surface area contributed by atoms with Gasteiger partial charge in [-0.05, 0) is 36.4 Å². The minimum absolute atomic E-state index is 0.122. The first kappa shape index (κ1) is 22.4. The number of anilines is 1. The van der Waals surface area contributed by atoms with Gasteiger partial charge in [0.1, 0.15) is 11.8 Å². The van der Waals surface area contributed by atoms with Crippen molar-refractivity contribution in [2.24, 2.45) is 0 Å². The minimum atomic E-state index is -4.44. The molecule has 3 heterocycles. The van der Waals surface area contributed by atoms with E-state index in [9.17, 15) is 18.0 Å². The molecule has 35 heavy (non-hydrogen) atoms. The number of aromatic amines is 1. The van der Waals surface area contributed by atoms with E-state index in [1.54, 1.807) is 37.7 Å². The predicted octanol–water partition coefficient (Wildman–Crippen LogP) is 4.82. The summed E-state index contributed by atoms with van der Waals surface area (Å²) in [7, 11) is 1.55. The largest absolute Gasteiger partial charge is 0.497 e. The van der Waals surface area contributed by atoms with E-state index in [0.29, 0.717) is 23.4 Å². The molecular formula is C23H19F3N6O3. The van der Waals surface area contributed by atoms with E-state index in [1.807, 2.05) is 0 Å². The van der Waals surface area contributed by atoms with Crippen molar-refractivity contribution in [2.75, 3.05) is 12.4 Å². The van der Waals surface area contributed by atoms with Crippen LogP contribution in [0.3, 0.4) is 0 Å². The Hall–Kier alpha value is -4.35. The molecule has 2 aromatic heterocycles. The Morgan fingerprint density at radius 3 is 2.60 bits per heavy atom. The zero-order valence-electron chi connectivity index (χ0n) is 18.3. The third kappa shape index (κ3) is 4.54. The van der Waals surface area contributed by atoms with Crippen molar-refractivity contribution >= 4 is 11.7 Å². The average molecular weight is 484 g/mol. The fourth-order valence-electron chi connectivity index (χ4n) is 3.84. The van der Waals surface area contributed by atoms with Gasteiger partial charge < -0.3 is 24.5 Å². The summed E-state index contributed by atoms with van der Waals surface area (Å²) in [5.41, 5.74) is 1.70. The maximum Gasteiger partial charge on any atom is 0.416 e. The number of alkyl halides is 3. The van der Waals surface area contributed by atoms with Crippen LogP contribution < -0.4 is 10.1 Å². The van der Waals surface area contributed by atoms with Gasteiger partial charge in [-0.25, -0.2) is 9.78 Å². The predicted molar refractivity (Wildman–Crippen MR) is 117 cm³/mol. The van der Waals surface area contributed by atoms with Crippen LogP contribution in [0.2, 0.25) is 0 Å². The van der Waals surface area contributed by atoms with Crippen LogP contribution in [0.25, 0.3) is 11.4 Å². The normalized spacial score (nSPS) is 15.5. The topological polar surface area (TPSA) is 109 Å². The number of carbonyl (C=O) groups is 1. The summed E-state index contributed by atoms with van der Waals surface area (Å²) in [6.07, 6.45) is -2.57. The van der Waals surface area contributed by atoms with Gasteiger partial charge in [-0.3, -0.25) is 0 Å². The number of hydrogen-bond donors (Lipinski definition) is 2. The number of methoxy groups -OCH3 is 1. The van der Waals surface area contributed by atoms with E-state index < -0.39 is 23.8 Å². The number of carbonyl (C=O) groups excluding carboxylic acids is 1. The summed E-state index contributed by atoms with van der Waals surface area (Å²) in [6, 6.07) is 10.3. The molecule has 0 unspecified atom stereocenters. The Balaban J connectivity index is 1.40. The zero-order chi connectivity index (χ0) is 24.6. The molecule has 2 N–H and O–H groups in total. The van der Waals surface area contributed by atoms with Gasteiger partial charge in [0.05, 0.1) is 36.9 Å². The third-order valence-electron chi connectivity index (χ3n) is 5.70. The number of fused-ring (bicyclic) bond motifs is 1. The molecule has 1 atom stereocenters. The van der Waals surface area contributed by atoms with Crippen molar-refractivity contribution < 1.29 is 27.2 Å². The Bertz CT molecular complexity index is 1330. The first-order chi connectivity index (χ1) is 16.8. The van der Waals surface area contributed by atoms with Crippen molar-refractivity contribution in [3.63, 3.8) is 0 Å². The van der Waals surface area contributed by atoms with Gasteiger partial charge in [0.15, 0.2) is 0 Å². The number of amides is 2. The maximum atomic E-state index is 13.2. The van der Waals surface area contributed by atoms with Crippen LogP contribution in [0, 0.1) is 0 Å². The highest BCUT2D eigenvalue weighted by Gasteiger charge is 2.36. The van der Waals surface area contributed by atoms with Crippen LogP contribution in [0.5, 0.6) is 5.75 Å². The van der Waals surface area contributed by atoms with Gasteiger partial charge in [0, 0.05) is 17.7 Å². The highest BCUT2D eigenvalue weighted by molar-refractivity contribution is 5.89. The van der Waals surface area contributed by atoms with Crippen LogP contribution in [0.1, 0.15) is 28.9 Å². The quantitative estimate of drug-likeness (QED) is 0.430. The van der Waals surface area contributed by atoms with Crippen molar-refractivity contribution in [1.29, 1.82) is 0 Å². The van der Waals surface area contributed by atoms with Crippen LogP contribution in [-0.2, 0) is 19.1 Å². The molecule has 12 heteroatoms. The number of H-pyrrole nitrogens is 1. The number of hydrogen-bond acceptors (Lipinski definition) is 6. The lowest BCUT2D eigenvalue weighted by atomic mass is 10.0. The molecule has 4 aromatic rings. The number of nitrogens with one attached hydrogen (secondary N) is 2. The van der Waals surface area contributed by atoms with E-state index in [2.05, 4.69) is 25.4 Å². The van der Waals surface area contributed by atoms with Crippen molar-refractivity contribution in [1.82, 2.24) is 25.0 Å². The second kappa shape index (κ2) is 8.78. The summed E-state index contributed by atoms with van der Waals surface area (Å²) < 4.78 is 49.2. The molecule has 0 bridgehead atoms. The molecule has 5 rings (SSSR count). The van der Waals surface area contributed by atoms with E-state index >= 15 is 0 Å². The smallest absolute Gasteiger partial charge is 0.416 e. The first-order valence-electron chi connectivity index (χ1n) is 10.6. The molecule has 0 saturated heterocycles. The average Bonchev–Trinajstić information content (AvgIpc) is 3.53. The second-order valence-electron chi connectivity index (χ2n) is 7.87. The number of nitrogens with zero attached hydrogens (tertiary/aromatic N) is 4. The molecule has 1 aliphatic rings. The molecular weight excluding hydrogens is 465 g/mol. The Kier molecular flexibility index (Phi) is 5.63. The van der Waals surface area contributed by atoms with Crippen LogP contribution in [0.4, 0.5) is 23.7 Å². The van der Waals surface area contributed by atoms with Crippen molar-refractivity contribution in [3.8, 4) is 17.1 Å². The van der Waals surface area contributed by atoms with E-state index in [1.165, 1.54) is 17.0 Å². The molecule has 1 aliphatic heterocycles. The SMILES string of the molecule is COc1ccc(NC(=O)N2Cc3[nH]cnc3C[C@H]2c2nc(-c3ccc(C(F)(F)F)cc3)no2)cc1. The highest BCUT2D eigenvalue weighted by Crippen LogP contribution is 2.34. The Labute approximate surface area is 196 Å². The molecule has 0 saturated carbocycles. The number of halogens is 3. The molecule has 0 fully saturated rings. The monoisotopic (exact) mass is 484 g/mol. The number of ether oxygens (including phenoxy) is 1. The Morgan fingerprint density at radius 1 is 1.17 bits per heavy atom. The maximum absolute atomic E-state index is 13.2. The number of imidazole rings is 1. The van der Waals surface area contributed by atoms with Gasteiger partial charge in [-0.15, -0.1) is 0 Å². The lowest BCUT2D eigenvalue weighted by molar-refractivity contribution is -0.137. The molecule has 0 aliphatic carbocycles. The number of aromatic nitrogens is 4. The summed E-state index contributed by atoms with van der Waals surface area (Å²) >= 11 is 0. The van der Waals surface area contributed by atoms with Crippen LogP contribution >= 0.6 is 0 Å². The van der Waals surface area contributed by atoms with E-state index in [0.717, 1.165) is 23.5 Å². The zero-order valence-corrected chi connectivity index (χ0v) is 18.3. The number of rotatable bonds is 4. The molecule has 2 aromatic carbocycles. The molecule has 0 radical (unpaired) electrons. The van der Waals surface area contributed by atoms with E-state index in [4.69, 9.17) is 9.26 Å². The van der Waals surface area contributed by atoms with Crippen LogP contribution in [0.15, 0.2) is 59.4 Å². The molecule has 9 nitrogen and oxygen atoms in total. The summed E-state index contributed by atoms with van der Waals surface area (Å²) in [6.45, 7) is 0.222. The molecule has 180 valence electrons. The van der Waals surface area contributed by atoms with Gasteiger partial charge in [-0.1, -0.05) is 17.3 Å². The lowest BCUT2D eigenvalue weighted by Crippen LogP contribution is -2.41. The summed E-state index contributed by atoms with van der Waals surface area (Å²) in [5.74, 6) is 0.929. The highest BCUT2D eigenvalue weighted by atomic mass is 19.4. The fraction of sp³-hybridized carbons (Fsp3) is 0.217. The van der Waals surface area contributed by atoms with Crippen LogP contribution in [-0.4, -0.2) is 38.1 Å². The van der Waals surface area contributed by atoms with Gasteiger partial charge in [0.25, 0.3) is 0 Å². The van der Waals surface area contributed by atoms with Gasteiger partial charge in [0.2, 0.25) is 11.7 Å². The van der Waals surface area contributed by atoms with E-state index in [-0.39, 0.29) is 18.3 Å². The minimum Gasteiger partial charge on any atom is -0.497 e. The molecule has 0 spiro atoms. The Morgan fingerprint density at radius 2 is 1.91 bits per heavy atom. The van der Waals surface area contributed by atoms with Crippen molar-refractivity contribution in [2.45, 2.75) is 25.2 Å². The standard InChI is InChI=1S/C23H19F3N6O3/c1-34-16-8-6-15(7-9-16)29-22(33)32-11-18-17(27-12-28-18)10-19(32)21-30-20(31-35-21)13-2-4-14(5-3-13)23(24,25)26/h2-9,12,19H,10-11H2,1H3,(H,27,28)(H,29,33)/t19-/m0/s1. The lowest BCUT2D eigenvalue weighted by Gasteiger charge is -2.32. The summed E-state index contributed by atoms with van der Waals surface area (Å²) in [5, 5.41) is 6.77. The number of benzene rings is 2. The summed E-state index contributed by atoms with van der Waals surface area (Å²) in [4.78, 5) is 26.5. The fourth-order valence-corrected chi connectivity index (χ4v) is 3.84. The number of urea groups is 1. The van der Waals surface area contributed by atoms with Gasteiger partial charge in [-0.2, -0.15) is 18.2 Å². The first-order valence-corrected chi connectivity index (χ1v) is 10.6. The van der Waals surface area contributed by atoms with Crippen molar-refractivity contribution in [3.05, 3.63) is 77.7 Å².